The molecule has 2 aliphatic heterocycles. The third-order valence-corrected chi connectivity index (χ3v) is 5.80. The molecule has 0 aromatic heterocycles. The quantitative estimate of drug-likeness (QED) is 0.638. The van der Waals surface area contributed by atoms with Gasteiger partial charge in [-0.1, -0.05) is 30.3 Å². The molecular formula is C21H20FN2O4+. The van der Waals surface area contributed by atoms with Gasteiger partial charge in [-0.15, -0.1) is 0 Å². The smallest absolute Gasteiger partial charge is 0.368 e. The molecule has 0 unspecified atom stereocenters. The van der Waals surface area contributed by atoms with Gasteiger partial charge in [0.25, 0.3) is 0 Å². The van der Waals surface area contributed by atoms with Crippen LogP contribution >= 0.6 is 0 Å². The average molecular weight is 383 g/mol. The number of methoxy groups -OCH3 is 1. The van der Waals surface area contributed by atoms with Gasteiger partial charge in [-0.05, 0) is 24.3 Å². The molecule has 0 saturated carbocycles. The minimum absolute atomic E-state index is 0.362. The number of halogens is 1. The number of carbonyl (C=O) groups excluding carboxylic acids is 3. The Morgan fingerprint density at radius 2 is 1.71 bits per heavy atom. The summed E-state index contributed by atoms with van der Waals surface area (Å²) in [4.78, 5) is 40.4. The van der Waals surface area contributed by atoms with Crippen LogP contribution in [0.1, 0.15) is 18.5 Å². The number of fused-ring (bicyclic) bond motifs is 1. The lowest BCUT2D eigenvalue weighted by Crippen LogP contribution is -2.97. The fourth-order valence-corrected chi connectivity index (χ4v) is 4.50. The van der Waals surface area contributed by atoms with Crippen molar-refractivity contribution in [2.45, 2.75) is 18.5 Å². The summed E-state index contributed by atoms with van der Waals surface area (Å²) in [6.07, 6.45) is 0. The van der Waals surface area contributed by atoms with Crippen molar-refractivity contribution in [3.8, 4) is 0 Å². The van der Waals surface area contributed by atoms with Crippen molar-refractivity contribution < 1.29 is 28.8 Å². The summed E-state index contributed by atoms with van der Waals surface area (Å²) in [5.41, 5.74) is -0.105. The molecule has 2 N–H and O–H groups in total. The first-order valence-electron chi connectivity index (χ1n) is 9.01. The molecule has 2 heterocycles. The monoisotopic (exact) mass is 383 g/mol. The Morgan fingerprint density at radius 1 is 1.07 bits per heavy atom. The van der Waals surface area contributed by atoms with E-state index in [1.165, 1.54) is 19.2 Å². The number of amides is 2. The Hall–Kier alpha value is -3.06. The summed E-state index contributed by atoms with van der Waals surface area (Å²) in [6.45, 7) is 1.62. The van der Waals surface area contributed by atoms with Gasteiger partial charge in [-0.3, -0.25) is 9.59 Å². The van der Waals surface area contributed by atoms with Gasteiger partial charge in [0.2, 0.25) is 17.4 Å². The number of nitrogens with two attached hydrogens (primary N) is 1. The highest BCUT2D eigenvalue weighted by molar-refractivity contribution is 6.23. The third-order valence-electron chi connectivity index (χ3n) is 5.80. The highest BCUT2D eigenvalue weighted by Crippen LogP contribution is 2.45. The molecule has 2 aliphatic rings. The molecule has 4 atom stereocenters. The predicted molar refractivity (Wildman–Crippen MR) is 97.4 cm³/mol. The number of ether oxygens (including phenoxy) is 1. The summed E-state index contributed by atoms with van der Waals surface area (Å²) < 4.78 is 18.3. The Balaban J connectivity index is 1.82. The molecule has 2 aromatic rings. The number of esters is 1. The van der Waals surface area contributed by atoms with E-state index in [0.717, 1.165) is 4.90 Å². The van der Waals surface area contributed by atoms with E-state index < -0.39 is 41.1 Å². The Kier molecular flexibility index (Phi) is 4.27. The summed E-state index contributed by atoms with van der Waals surface area (Å²) >= 11 is 0. The van der Waals surface area contributed by atoms with Crippen LogP contribution < -0.4 is 10.2 Å². The number of imide groups is 1. The van der Waals surface area contributed by atoms with Crippen LogP contribution in [0.2, 0.25) is 0 Å². The second-order valence-corrected chi connectivity index (χ2v) is 7.37. The lowest BCUT2D eigenvalue weighted by Gasteiger charge is -2.25. The minimum atomic E-state index is -1.26. The molecule has 4 rings (SSSR count). The van der Waals surface area contributed by atoms with Crippen molar-refractivity contribution in [3.05, 3.63) is 66.0 Å². The van der Waals surface area contributed by atoms with Crippen LogP contribution in [0.4, 0.5) is 10.1 Å². The molecule has 28 heavy (non-hydrogen) atoms. The maximum atomic E-state index is 13.4. The normalized spacial score (nSPS) is 29.1. The van der Waals surface area contributed by atoms with Crippen molar-refractivity contribution in [3.63, 3.8) is 0 Å². The topological polar surface area (TPSA) is 80.3 Å². The largest absolute Gasteiger partial charge is 0.464 e. The van der Waals surface area contributed by atoms with Gasteiger partial charge < -0.3 is 10.1 Å². The first kappa shape index (κ1) is 18.3. The maximum Gasteiger partial charge on any atom is 0.368 e. The first-order chi connectivity index (χ1) is 13.4. The summed E-state index contributed by atoms with van der Waals surface area (Å²) in [6, 6.07) is 13.9. The average Bonchev–Trinajstić information content (AvgIpc) is 3.16. The second-order valence-electron chi connectivity index (χ2n) is 7.37. The molecule has 0 radical (unpaired) electrons. The summed E-state index contributed by atoms with van der Waals surface area (Å²) in [5, 5.41) is 1.71. The van der Waals surface area contributed by atoms with Crippen LogP contribution in [-0.4, -0.2) is 30.4 Å². The number of carbonyl (C=O) groups is 3. The molecule has 144 valence electrons. The number of quaternary nitrogens is 1. The molecule has 6 nitrogen and oxygen atoms in total. The highest BCUT2D eigenvalue weighted by Gasteiger charge is 2.70. The lowest BCUT2D eigenvalue weighted by atomic mass is 9.80. The zero-order valence-corrected chi connectivity index (χ0v) is 15.5. The molecule has 0 bridgehead atoms. The van der Waals surface area contributed by atoms with Crippen LogP contribution in [0, 0.1) is 17.7 Å². The SMILES string of the molecule is COC(=O)[C@]1(C)[NH2+][C@@H](c2ccc(F)cc2)[C@H]2C(=O)N(c3ccccc3)C(=O)[C@H]21. The number of hydrogen-bond donors (Lipinski definition) is 1. The van der Waals surface area contributed by atoms with Gasteiger partial charge in [0.1, 0.15) is 23.7 Å². The van der Waals surface area contributed by atoms with Crippen molar-refractivity contribution in [2.75, 3.05) is 12.0 Å². The molecule has 2 amide bonds. The fourth-order valence-electron chi connectivity index (χ4n) is 4.50. The van der Waals surface area contributed by atoms with E-state index in [4.69, 9.17) is 4.74 Å². The van der Waals surface area contributed by atoms with Gasteiger partial charge in [0, 0.05) is 12.5 Å². The first-order valence-corrected chi connectivity index (χ1v) is 9.01. The van der Waals surface area contributed by atoms with E-state index in [0.29, 0.717) is 11.3 Å². The van der Waals surface area contributed by atoms with Crippen LogP contribution in [0.3, 0.4) is 0 Å². The van der Waals surface area contributed by atoms with Gasteiger partial charge in [-0.2, -0.15) is 0 Å². The molecule has 2 saturated heterocycles. The van der Waals surface area contributed by atoms with Crippen LogP contribution in [0.5, 0.6) is 0 Å². The van der Waals surface area contributed by atoms with Crippen LogP contribution in [0.15, 0.2) is 54.6 Å². The molecule has 2 aromatic carbocycles. The maximum absolute atomic E-state index is 13.4. The van der Waals surface area contributed by atoms with Gasteiger partial charge in [-0.25, -0.2) is 14.1 Å². The van der Waals surface area contributed by atoms with Gasteiger partial charge in [0.15, 0.2) is 0 Å². The second kappa shape index (κ2) is 6.53. The molecule has 2 fully saturated rings. The zero-order chi connectivity index (χ0) is 20.1. The molecule has 0 spiro atoms. The Morgan fingerprint density at radius 3 is 2.32 bits per heavy atom. The standard InChI is InChI=1S/C21H19FN2O4/c1-21(20(27)28-2)16-15(17(23-21)12-8-10-13(22)11-9-12)18(25)24(19(16)26)14-6-4-3-5-7-14/h3-11,15-17,23H,1-2H3/p+1/t15-,16-,17-,21+/m0/s1. The lowest BCUT2D eigenvalue weighted by molar-refractivity contribution is -0.730. The van der Waals surface area contributed by atoms with E-state index >= 15 is 0 Å². The van der Waals surface area contributed by atoms with Crippen molar-refractivity contribution in [1.29, 1.82) is 0 Å². The number of nitrogens with zero attached hydrogens (tertiary/aromatic N) is 1. The zero-order valence-electron chi connectivity index (χ0n) is 15.5. The van der Waals surface area contributed by atoms with E-state index in [2.05, 4.69) is 0 Å². The van der Waals surface area contributed by atoms with E-state index in [9.17, 15) is 18.8 Å². The highest BCUT2D eigenvalue weighted by atomic mass is 19.1. The fraction of sp³-hybridized carbons (Fsp3) is 0.286. The van der Waals surface area contributed by atoms with Gasteiger partial charge >= 0.3 is 5.97 Å². The van der Waals surface area contributed by atoms with Gasteiger partial charge in [0.05, 0.1) is 12.8 Å². The number of para-hydroxylation sites is 1. The number of benzene rings is 2. The van der Waals surface area contributed by atoms with E-state index in [-0.39, 0.29) is 5.91 Å². The van der Waals surface area contributed by atoms with Crippen molar-refractivity contribution >= 4 is 23.5 Å². The molecule has 7 heteroatoms. The van der Waals surface area contributed by atoms with Crippen LogP contribution in [0.25, 0.3) is 0 Å². The Bertz CT molecular complexity index is 947. The van der Waals surface area contributed by atoms with Crippen molar-refractivity contribution in [1.82, 2.24) is 0 Å². The molecular weight excluding hydrogens is 363 g/mol. The minimum Gasteiger partial charge on any atom is -0.464 e. The van der Waals surface area contributed by atoms with Crippen LogP contribution in [-0.2, 0) is 19.1 Å². The summed E-state index contributed by atoms with van der Waals surface area (Å²) in [5.74, 6) is -3.36. The Labute approximate surface area is 161 Å². The van der Waals surface area contributed by atoms with Crippen molar-refractivity contribution in [2.24, 2.45) is 11.8 Å². The van der Waals surface area contributed by atoms with E-state index in [1.807, 2.05) is 0 Å². The predicted octanol–water partition coefficient (Wildman–Crippen LogP) is 1.18. The van der Waals surface area contributed by atoms with E-state index in [1.54, 1.807) is 54.7 Å². The summed E-state index contributed by atoms with van der Waals surface area (Å²) in [7, 11) is 1.26. The third kappa shape index (κ3) is 2.54. The molecule has 0 aliphatic carbocycles. The number of rotatable bonds is 3. The number of anilines is 1. The number of hydrogen-bond acceptors (Lipinski definition) is 4.